The lowest BCUT2D eigenvalue weighted by Crippen LogP contribution is -2.17. The van der Waals surface area contributed by atoms with Crippen molar-refractivity contribution in [1.82, 2.24) is 0 Å². The smallest absolute Gasteiger partial charge is 0.449 e. The van der Waals surface area contributed by atoms with E-state index in [9.17, 15) is 4.79 Å². The number of hydrogen-bond acceptors (Lipinski definition) is 2. The average Bonchev–Trinajstić information content (AvgIpc) is 2.25. The van der Waals surface area contributed by atoms with Crippen LogP contribution in [0.25, 0.3) is 0 Å². The van der Waals surface area contributed by atoms with Crippen LogP contribution >= 0.6 is 0 Å². The van der Waals surface area contributed by atoms with Gasteiger partial charge in [-0.3, -0.25) is 0 Å². The Labute approximate surface area is 109 Å². The van der Waals surface area contributed by atoms with Crippen molar-refractivity contribution in [3.63, 3.8) is 0 Å². The van der Waals surface area contributed by atoms with Gasteiger partial charge >= 0.3 is 6.16 Å². The van der Waals surface area contributed by atoms with E-state index in [0.29, 0.717) is 5.75 Å². The Morgan fingerprint density at radius 1 is 1.39 bits per heavy atom. The van der Waals surface area contributed by atoms with Crippen LogP contribution in [0.5, 0.6) is 5.75 Å². The van der Waals surface area contributed by atoms with Crippen molar-refractivity contribution in [2.24, 2.45) is 0 Å². The molecule has 1 unspecified atom stereocenters. The minimum Gasteiger partial charge on any atom is -0.449 e. The number of ether oxygens (including phenoxy) is 1. The second-order valence-corrected chi connectivity index (χ2v) is 5.64. The molecular weight excluding hydrogens is 228 g/mol. The Morgan fingerprint density at radius 3 is 2.44 bits per heavy atom. The first-order valence-electron chi connectivity index (χ1n) is 6.31. The molecule has 0 fully saturated rings. The molecule has 0 aliphatic heterocycles. The number of benzene rings is 1. The topological polar surface area (TPSA) is 46.5 Å². The van der Waals surface area contributed by atoms with E-state index < -0.39 is 6.16 Å². The predicted molar refractivity (Wildman–Crippen MR) is 72.5 cm³/mol. The van der Waals surface area contributed by atoms with Crippen LogP contribution in [-0.2, 0) is 5.41 Å². The molecule has 0 amide bonds. The molecule has 0 spiro atoms. The number of carboxylic acid groups (broad SMARTS) is 1. The van der Waals surface area contributed by atoms with Crippen LogP contribution in [0.3, 0.4) is 0 Å². The van der Waals surface area contributed by atoms with E-state index in [-0.39, 0.29) is 11.3 Å². The van der Waals surface area contributed by atoms with Gasteiger partial charge in [0.05, 0.1) is 0 Å². The summed E-state index contributed by atoms with van der Waals surface area (Å²) in [5.41, 5.74) is 2.13. The van der Waals surface area contributed by atoms with Crippen LogP contribution in [0.2, 0.25) is 0 Å². The summed E-state index contributed by atoms with van der Waals surface area (Å²) in [6.45, 7) is 10.6. The van der Waals surface area contributed by atoms with E-state index >= 15 is 0 Å². The van der Waals surface area contributed by atoms with Crippen LogP contribution in [-0.4, -0.2) is 11.3 Å². The van der Waals surface area contributed by atoms with Crippen molar-refractivity contribution >= 4 is 6.16 Å². The van der Waals surface area contributed by atoms with Crippen molar-refractivity contribution in [2.75, 3.05) is 0 Å². The zero-order chi connectivity index (χ0) is 13.9. The standard InChI is InChI=1S/C15H22O3/c1-6-10(2)13-11(15(3,4)5)8-7-9-12(13)18-14(16)17/h7-10H,6H2,1-5H3,(H,16,17). The van der Waals surface area contributed by atoms with Gasteiger partial charge in [-0.2, -0.15) is 0 Å². The molecule has 0 bridgehead atoms. The quantitative estimate of drug-likeness (QED) is 0.632. The lowest BCUT2D eigenvalue weighted by Gasteiger charge is -2.27. The first-order valence-corrected chi connectivity index (χ1v) is 6.31. The molecule has 0 aromatic heterocycles. The molecule has 1 aromatic carbocycles. The molecule has 0 saturated carbocycles. The molecule has 3 heteroatoms. The molecule has 3 nitrogen and oxygen atoms in total. The fraction of sp³-hybridized carbons (Fsp3) is 0.533. The van der Waals surface area contributed by atoms with Gasteiger partial charge in [-0.1, -0.05) is 46.8 Å². The van der Waals surface area contributed by atoms with Gasteiger partial charge < -0.3 is 9.84 Å². The van der Waals surface area contributed by atoms with Crippen LogP contribution in [0.15, 0.2) is 18.2 Å². The number of carbonyl (C=O) groups is 1. The summed E-state index contributed by atoms with van der Waals surface area (Å²) in [5, 5.41) is 8.82. The van der Waals surface area contributed by atoms with E-state index in [1.807, 2.05) is 6.07 Å². The first-order chi connectivity index (χ1) is 8.27. The van der Waals surface area contributed by atoms with E-state index in [0.717, 1.165) is 17.5 Å². The van der Waals surface area contributed by atoms with Crippen molar-refractivity contribution < 1.29 is 14.6 Å². The van der Waals surface area contributed by atoms with E-state index in [1.165, 1.54) is 0 Å². The number of rotatable bonds is 3. The van der Waals surface area contributed by atoms with Gasteiger partial charge in [0, 0.05) is 5.56 Å². The van der Waals surface area contributed by atoms with Crippen LogP contribution < -0.4 is 4.74 Å². The Hall–Kier alpha value is -1.51. The van der Waals surface area contributed by atoms with Gasteiger partial charge in [-0.25, -0.2) is 4.79 Å². The SMILES string of the molecule is CCC(C)c1c(OC(=O)O)cccc1C(C)(C)C. The van der Waals surface area contributed by atoms with Crippen LogP contribution in [0.4, 0.5) is 4.79 Å². The van der Waals surface area contributed by atoms with Crippen molar-refractivity contribution in [3.05, 3.63) is 29.3 Å². The molecule has 18 heavy (non-hydrogen) atoms. The van der Waals surface area contributed by atoms with Gasteiger partial charge in [0.2, 0.25) is 0 Å². The summed E-state index contributed by atoms with van der Waals surface area (Å²) >= 11 is 0. The highest BCUT2D eigenvalue weighted by Gasteiger charge is 2.24. The molecule has 100 valence electrons. The van der Waals surface area contributed by atoms with Gasteiger partial charge in [0.1, 0.15) is 5.75 Å². The maximum atomic E-state index is 10.8. The molecule has 0 aliphatic carbocycles. The van der Waals surface area contributed by atoms with E-state index in [1.54, 1.807) is 6.07 Å². The third-order valence-corrected chi connectivity index (χ3v) is 3.18. The minimum atomic E-state index is -1.26. The fourth-order valence-corrected chi connectivity index (χ4v) is 2.09. The largest absolute Gasteiger partial charge is 0.511 e. The van der Waals surface area contributed by atoms with Gasteiger partial charge in [0.25, 0.3) is 0 Å². The lowest BCUT2D eigenvalue weighted by atomic mass is 9.79. The maximum absolute atomic E-state index is 10.8. The number of hydrogen-bond donors (Lipinski definition) is 1. The van der Waals surface area contributed by atoms with Crippen LogP contribution in [0.1, 0.15) is 58.1 Å². The molecule has 1 rings (SSSR count). The third kappa shape index (κ3) is 3.25. The van der Waals surface area contributed by atoms with Gasteiger partial charge in [-0.05, 0) is 29.4 Å². The minimum absolute atomic E-state index is 0.0311. The average molecular weight is 250 g/mol. The Balaban J connectivity index is 3.39. The van der Waals surface area contributed by atoms with E-state index in [4.69, 9.17) is 9.84 Å². The monoisotopic (exact) mass is 250 g/mol. The van der Waals surface area contributed by atoms with Crippen molar-refractivity contribution in [1.29, 1.82) is 0 Å². The molecule has 1 aromatic rings. The summed E-state index contributed by atoms with van der Waals surface area (Å²) < 4.78 is 4.92. The zero-order valence-electron chi connectivity index (χ0n) is 11.8. The summed E-state index contributed by atoms with van der Waals surface area (Å²) in [5.74, 6) is 0.735. The first kappa shape index (κ1) is 14.6. The second kappa shape index (κ2) is 5.42. The molecule has 0 saturated heterocycles. The zero-order valence-corrected chi connectivity index (χ0v) is 11.8. The highest BCUT2D eigenvalue weighted by Crippen LogP contribution is 2.38. The summed E-state index contributed by atoms with van der Waals surface area (Å²) in [6, 6.07) is 5.63. The second-order valence-electron chi connectivity index (χ2n) is 5.64. The summed E-state index contributed by atoms with van der Waals surface area (Å²) in [6.07, 6.45) is -0.311. The summed E-state index contributed by atoms with van der Waals surface area (Å²) in [7, 11) is 0. The molecule has 0 heterocycles. The highest BCUT2D eigenvalue weighted by atomic mass is 16.7. The fourth-order valence-electron chi connectivity index (χ4n) is 2.09. The Morgan fingerprint density at radius 2 is 2.00 bits per heavy atom. The molecule has 1 atom stereocenters. The van der Waals surface area contributed by atoms with Crippen molar-refractivity contribution in [2.45, 2.75) is 52.4 Å². The molecule has 1 N–H and O–H groups in total. The maximum Gasteiger partial charge on any atom is 0.511 e. The third-order valence-electron chi connectivity index (χ3n) is 3.18. The molecule has 0 radical (unpaired) electrons. The summed E-state index contributed by atoms with van der Waals surface area (Å²) in [4.78, 5) is 10.8. The van der Waals surface area contributed by atoms with Gasteiger partial charge in [-0.15, -0.1) is 0 Å². The Kier molecular flexibility index (Phi) is 4.38. The van der Waals surface area contributed by atoms with E-state index in [2.05, 4.69) is 40.7 Å². The highest BCUT2D eigenvalue weighted by molar-refractivity contribution is 5.63. The van der Waals surface area contributed by atoms with Crippen LogP contribution in [0, 0.1) is 0 Å². The van der Waals surface area contributed by atoms with Gasteiger partial charge in [0.15, 0.2) is 0 Å². The van der Waals surface area contributed by atoms with Crippen molar-refractivity contribution in [3.8, 4) is 5.75 Å². The molecular formula is C15H22O3. The normalized spacial score (nSPS) is 13.2. The molecule has 0 aliphatic rings. The predicted octanol–water partition coefficient (Wildman–Crippen LogP) is 4.55. The lowest BCUT2D eigenvalue weighted by molar-refractivity contribution is 0.143. The Bertz CT molecular complexity index is 430.